The third-order valence-electron chi connectivity index (χ3n) is 4.87. The van der Waals surface area contributed by atoms with Crippen LogP contribution in [-0.2, 0) is 9.59 Å². The second-order valence-corrected chi connectivity index (χ2v) is 8.48. The predicted molar refractivity (Wildman–Crippen MR) is 124 cm³/mol. The Bertz CT molecular complexity index is 1100. The normalized spacial score (nSPS) is 10.7. The zero-order valence-corrected chi connectivity index (χ0v) is 19.3. The van der Waals surface area contributed by atoms with E-state index in [0.29, 0.717) is 5.16 Å². The molecule has 2 amide bonds. The third-order valence-corrected chi connectivity index (χ3v) is 5.80. The van der Waals surface area contributed by atoms with Crippen LogP contribution in [0.5, 0.6) is 0 Å². The van der Waals surface area contributed by atoms with E-state index in [2.05, 4.69) is 20.8 Å². The molecule has 3 rings (SSSR count). The highest BCUT2D eigenvalue weighted by atomic mass is 32.2. The van der Waals surface area contributed by atoms with E-state index in [1.54, 1.807) is 0 Å². The van der Waals surface area contributed by atoms with E-state index in [1.807, 2.05) is 75.6 Å². The molecule has 0 bridgehead atoms. The maximum Gasteiger partial charge on any atom is 0.243 e. The Hall–Kier alpha value is -3.13. The van der Waals surface area contributed by atoms with Crippen molar-refractivity contribution in [1.29, 1.82) is 0 Å². The summed E-state index contributed by atoms with van der Waals surface area (Å²) in [6.45, 7) is 9.74. The topological polar surface area (TPSA) is 88.9 Å². The molecule has 8 heteroatoms. The number of anilines is 1. The van der Waals surface area contributed by atoms with Crippen LogP contribution in [0.1, 0.15) is 28.1 Å². The molecule has 0 saturated heterocycles. The van der Waals surface area contributed by atoms with Crippen LogP contribution in [0, 0.1) is 34.6 Å². The fourth-order valence-corrected chi connectivity index (χ4v) is 4.27. The molecule has 162 valence electrons. The first-order chi connectivity index (χ1) is 14.8. The molecule has 1 heterocycles. The second kappa shape index (κ2) is 9.78. The van der Waals surface area contributed by atoms with E-state index in [-0.39, 0.29) is 24.1 Å². The van der Waals surface area contributed by atoms with Crippen LogP contribution in [0.2, 0.25) is 0 Å². The number of rotatable bonds is 7. The predicted octanol–water partition coefficient (Wildman–Crippen LogP) is 3.66. The number of amides is 2. The fourth-order valence-electron chi connectivity index (χ4n) is 3.45. The molecule has 3 aromatic rings. The summed E-state index contributed by atoms with van der Waals surface area (Å²) in [6.07, 6.45) is 0. The van der Waals surface area contributed by atoms with Gasteiger partial charge in [-0.1, -0.05) is 47.7 Å². The smallest absolute Gasteiger partial charge is 0.243 e. The maximum absolute atomic E-state index is 12.3. The van der Waals surface area contributed by atoms with Crippen LogP contribution in [0.3, 0.4) is 0 Å². The fraction of sp³-hybridized carbons (Fsp3) is 0.304. The first-order valence-corrected chi connectivity index (χ1v) is 11.0. The molecule has 0 aliphatic carbocycles. The Morgan fingerprint density at radius 1 is 0.935 bits per heavy atom. The van der Waals surface area contributed by atoms with Crippen molar-refractivity contribution in [2.75, 3.05) is 17.6 Å². The summed E-state index contributed by atoms with van der Waals surface area (Å²) in [5.41, 5.74) is 6.01. The van der Waals surface area contributed by atoms with Gasteiger partial charge in [-0.3, -0.25) is 14.2 Å². The van der Waals surface area contributed by atoms with Gasteiger partial charge in [0.1, 0.15) is 5.82 Å². The van der Waals surface area contributed by atoms with Crippen LogP contribution in [0.15, 0.2) is 41.6 Å². The number of aryl methyl sites for hydroxylation is 5. The molecular formula is C23H27N5O2S. The zero-order chi connectivity index (χ0) is 22.5. The first kappa shape index (κ1) is 22.6. The number of hydrogen-bond donors (Lipinski definition) is 2. The molecule has 2 aromatic carbocycles. The van der Waals surface area contributed by atoms with Crippen LogP contribution in [0.4, 0.5) is 5.69 Å². The van der Waals surface area contributed by atoms with Crippen LogP contribution in [-0.4, -0.2) is 38.9 Å². The highest BCUT2D eigenvalue weighted by Gasteiger charge is 2.15. The van der Waals surface area contributed by atoms with Gasteiger partial charge in [0.15, 0.2) is 5.16 Å². The molecule has 2 N–H and O–H groups in total. The average molecular weight is 438 g/mol. The second-order valence-electron chi connectivity index (χ2n) is 7.54. The number of benzene rings is 2. The van der Waals surface area contributed by atoms with Crippen molar-refractivity contribution >= 4 is 29.3 Å². The van der Waals surface area contributed by atoms with E-state index >= 15 is 0 Å². The standard InChI is InChI=1S/C23H27N5O2S/c1-14-10-16(3)22(17(4)11-14)25-20(29)12-24-21(30)13-31-23-27-26-18(5)28(23)19-9-7-6-8-15(19)2/h6-11H,12-13H2,1-5H3,(H,24,30)(H,25,29). The molecule has 0 aliphatic rings. The minimum atomic E-state index is -0.257. The van der Waals surface area contributed by atoms with Gasteiger partial charge in [0.25, 0.3) is 0 Å². The number of nitrogens with one attached hydrogen (secondary N) is 2. The Morgan fingerprint density at radius 3 is 2.29 bits per heavy atom. The van der Waals surface area contributed by atoms with Gasteiger partial charge in [-0.2, -0.15) is 0 Å². The first-order valence-electron chi connectivity index (χ1n) is 10.0. The molecule has 0 unspecified atom stereocenters. The zero-order valence-electron chi connectivity index (χ0n) is 18.4. The summed E-state index contributed by atoms with van der Waals surface area (Å²) in [4.78, 5) is 24.6. The van der Waals surface area contributed by atoms with Gasteiger partial charge in [0, 0.05) is 5.69 Å². The minimum Gasteiger partial charge on any atom is -0.346 e. The van der Waals surface area contributed by atoms with Gasteiger partial charge in [0.2, 0.25) is 11.8 Å². The molecule has 0 aliphatic heterocycles. The Kier molecular flexibility index (Phi) is 7.12. The van der Waals surface area contributed by atoms with Crippen molar-refractivity contribution in [3.63, 3.8) is 0 Å². The Labute approximate surface area is 186 Å². The lowest BCUT2D eigenvalue weighted by Gasteiger charge is -2.13. The lowest BCUT2D eigenvalue weighted by molar-refractivity contribution is -0.122. The quantitative estimate of drug-likeness (QED) is 0.551. The molecule has 0 radical (unpaired) electrons. The number of aromatic nitrogens is 3. The molecule has 0 atom stereocenters. The molecule has 7 nitrogen and oxygen atoms in total. The third kappa shape index (κ3) is 5.52. The van der Waals surface area contributed by atoms with Crippen molar-refractivity contribution in [3.05, 3.63) is 64.5 Å². The Balaban J connectivity index is 1.56. The number of hydrogen-bond acceptors (Lipinski definition) is 5. The molecule has 31 heavy (non-hydrogen) atoms. The molecule has 1 aromatic heterocycles. The van der Waals surface area contributed by atoms with Crippen molar-refractivity contribution in [1.82, 2.24) is 20.1 Å². The van der Waals surface area contributed by atoms with Crippen LogP contribution in [0.25, 0.3) is 5.69 Å². The van der Waals surface area contributed by atoms with Crippen molar-refractivity contribution in [2.24, 2.45) is 0 Å². The van der Waals surface area contributed by atoms with Gasteiger partial charge < -0.3 is 10.6 Å². The van der Waals surface area contributed by atoms with E-state index < -0.39 is 0 Å². The van der Waals surface area contributed by atoms with Gasteiger partial charge in [-0.15, -0.1) is 10.2 Å². The molecular weight excluding hydrogens is 410 g/mol. The summed E-state index contributed by atoms with van der Waals surface area (Å²) in [5.74, 6) is 0.391. The summed E-state index contributed by atoms with van der Waals surface area (Å²) < 4.78 is 1.93. The van der Waals surface area contributed by atoms with Crippen LogP contribution < -0.4 is 10.6 Å². The number of para-hydroxylation sites is 1. The number of thioether (sulfide) groups is 1. The summed E-state index contributed by atoms with van der Waals surface area (Å²) in [7, 11) is 0. The lowest BCUT2D eigenvalue weighted by Crippen LogP contribution is -2.34. The van der Waals surface area contributed by atoms with Gasteiger partial charge in [0.05, 0.1) is 18.0 Å². The van der Waals surface area contributed by atoms with Crippen LogP contribution >= 0.6 is 11.8 Å². The molecule has 0 fully saturated rings. The molecule has 0 saturated carbocycles. The largest absolute Gasteiger partial charge is 0.346 e. The van der Waals surface area contributed by atoms with E-state index in [9.17, 15) is 9.59 Å². The van der Waals surface area contributed by atoms with Gasteiger partial charge in [-0.25, -0.2) is 0 Å². The lowest BCUT2D eigenvalue weighted by atomic mass is 10.1. The van der Waals surface area contributed by atoms with E-state index in [0.717, 1.165) is 39.5 Å². The molecule has 0 spiro atoms. The van der Waals surface area contributed by atoms with Gasteiger partial charge in [-0.05, 0) is 57.4 Å². The van der Waals surface area contributed by atoms with Crippen molar-refractivity contribution in [3.8, 4) is 5.69 Å². The minimum absolute atomic E-state index is 0.0876. The highest BCUT2D eigenvalue weighted by Crippen LogP contribution is 2.24. The SMILES string of the molecule is Cc1cc(C)c(NC(=O)CNC(=O)CSc2nnc(C)n2-c2ccccc2C)c(C)c1. The average Bonchev–Trinajstić information content (AvgIpc) is 3.08. The number of nitrogens with zero attached hydrogens (tertiary/aromatic N) is 3. The summed E-state index contributed by atoms with van der Waals surface area (Å²) in [6, 6.07) is 12.0. The number of carbonyl (C=O) groups is 2. The summed E-state index contributed by atoms with van der Waals surface area (Å²) in [5, 5.41) is 14.5. The van der Waals surface area contributed by atoms with E-state index in [1.165, 1.54) is 11.8 Å². The van der Waals surface area contributed by atoms with Gasteiger partial charge >= 0.3 is 0 Å². The highest BCUT2D eigenvalue weighted by molar-refractivity contribution is 7.99. The monoisotopic (exact) mass is 437 g/mol. The van der Waals surface area contributed by atoms with Crippen molar-refractivity contribution < 1.29 is 9.59 Å². The van der Waals surface area contributed by atoms with E-state index in [4.69, 9.17) is 0 Å². The maximum atomic E-state index is 12.3. The summed E-state index contributed by atoms with van der Waals surface area (Å²) >= 11 is 1.29. The number of carbonyl (C=O) groups excluding carboxylic acids is 2. The Morgan fingerprint density at radius 2 is 1.61 bits per heavy atom. The van der Waals surface area contributed by atoms with Crippen molar-refractivity contribution in [2.45, 2.75) is 39.8 Å².